The Kier molecular flexibility index (Phi) is 8.31. The van der Waals surface area contributed by atoms with E-state index < -0.39 is 36.1 Å². The van der Waals surface area contributed by atoms with Crippen LogP contribution in [0.1, 0.15) is 40.5 Å². The van der Waals surface area contributed by atoms with Crippen LogP contribution in [0.4, 0.5) is 28.2 Å². The molecule has 3 aromatic heterocycles. The molecule has 0 aliphatic rings. The molecule has 3 aromatic rings. The lowest BCUT2D eigenvalue weighted by molar-refractivity contribution is -0.145. The zero-order valence-corrected chi connectivity index (χ0v) is 19.7. The molecule has 0 aliphatic carbocycles. The number of carbonyl (C=O) groups is 2. The molecule has 0 spiro atoms. The van der Waals surface area contributed by atoms with E-state index in [4.69, 9.17) is 16.3 Å². The van der Waals surface area contributed by atoms with Crippen molar-refractivity contribution in [3.05, 3.63) is 77.5 Å². The number of alkyl halides is 3. The molecular formula is C21H20F4N10O3. The minimum Gasteiger partial charge on any atom is -0.441 e. The second-order valence-electron chi connectivity index (χ2n) is 7.46. The van der Waals surface area contributed by atoms with E-state index in [1.165, 1.54) is 32.3 Å². The van der Waals surface area contributed by atoms with Gasteiger partial charge in [-0.15, -0.1) is 0 Å². The number of hydrogen-bond donors (Lipinski definition) is 4. The molecule has 13 nitrogen and oxygen atoms in total. The van der Waals surface area contributed by atoms with Gasteiger partial charge in [-0.3, -0.25) is 15.1 Å². The van der Waals surface area contributed by atoms with Crippen molar-refractivity contribution in [1.29, 1.82) is 0 Å². The molecule has 200 valence electrons. The van der Waals surface area contributed by atoms with Crippen LogP contribution in [-0.4, -0.2) is 49.0 Å². The number of halogens is 4. The van der Waals surface area contributed by atoms with Crippen LogP contribution in [0.2, 0.25) is 0 Å². The fourth-order valence-corrected chi connectivity index (χ4v) is 2.83. The van der Waals surface area contributed by atoms with Gasteiger partial charge in [0.1, 0.15) is 17.5 Å². The van der Waals surface area contributed by atoms with Crippen molar-refractivity contribution >= 4 is 23.5 Å². The van der Waals surface area contributed by atoms with Gasteiger partial charge in [0.05, 0.1) is 18.0 Å². The summed E-state index contributed by atoms with van der Waals surface area (Å²) in [5.74, 6) is 2.51. The Balaban J connectivity index is 1.69. The molecule has 3 rings (SSSR count). The number of pyridine rings is 1. The van der Waals surface area contributed by atoms with Gasteiger partial charge in [0, 0.05) is 31.2 Å². The minimum atomic E-state index is -4.75. The number of nitrogens with zero attached hydrogens (tertiary/aromatic N) is 6. The van der Waals surface area contributed by atoms with Crippen LogP contribution in [0.25, 0.3) is 5.70 Å². The first kappa shape index (κ1) is 27.7. The number of carbonyl (C=O) groups excluding carboxylic acids is 2. The zero-order chi connectivity index (χ0) is 28.0. The maximum Gasteiger partial charge on any atom is 0.451 e. The van der Waals surface area contributed by atoms with Crippen LogP contribution < -0.4 is 22.2 Å². The summed E-state index contributed by atoms with van der Waals surface area (Å²) in [6.45, 7) is 1.44. The number of nitrogens with one attached hydrogen (secondary N) is 2. The van der Waals surface area contributed by atoms with Crippen molar-refractivity contribution in [2.75, 3.05) is 12.4 Å². The molecule has 2 amide bonds. The average molecular weight is 536 g/mol. The van der Waals surface area contributed by atoms with Gasteiger partial charge in [-0.05, 0) is 19.1 Å². The Morgan fingerprint density at radius 1 is 1.08 bits per heavy atom. The molecule has 0 saturated heterocycles. The Labute approximate surface area is 211 Å². The van der Waals surface area contributed by atoms with Crippen LogP contribution in [0.3, 0.4) is 0 Å². The van der Waals surface area contributed by atoms with Crippen molar-refractivity contribution in [3.8, 4) is 0 Å². The third-order valence-electron chi connectivity index (χ3n) is 4.67. The van der Waals surface area contributed by atoms with Crippen LogP contribution in [0.5, 0.6) is 0 Å². The highest BCUT2D eigenvalue weighted by atomic mass is 19.4. The molecule has 0 fully saturated rings. The summed E-state index contributed by atoms with van der Waals surface area (Å²) >= 11 is 0. The Hall–Kier alpha value is -4.93. The van der Waals surface area contributed by atoms with Crippen molar-refractivity contribution in [2.45, 2.75) is 19.2 Å². The highest BCUT2D eigenvalue weighted by Crippen LogP contribution is 2.25. The van der Waals surface area contributed by atoms with E-state index in [0.717, 1.165) is 17.4 Å². The molecule has 17 heteroatoms. The molecule has 1 atom stereocenters. The van der Waals surface area contributed by atoms with E-state index in [-0.39, 0.29) is 34.2 Å². The Morgan fingerprint density at radius 3 is 2.32 bits per heavy atom. The predicted octanol–water partition coefficient (Wildman–Crippen LogP) is 1.95. The normalized spacial score (nSPS) is 12.7. The van der Waals surface area contributed by atoms with Crippen molar-refractivity contribution in [3.63, 3.8) is 0 Å². The Bertz CT molecular complexity index is 1330. The quantitative estimate of drug-likeness (QED) is 0.150. The Morgan fingerprint density at radius 2 is 1.76 bits per heavy atom. The number of rotatable bonds is 7. The number of anilines is 1. The molecule has 1 unspecified atom stereocenters. The van der Waals surface area contributed by atoms with Gasteiger partial charge in [-0.1, -0.05) is 0 Å². The van der Waals surface area contributed by atoms with E-state index in [9.17, 15) is 27.2 Å². The van der Waals surface area contributed by atoms with E-state index in [0.29, 0.717) is 12.4 Å². The number of hydrogen-bond acceptors (Lipinski definition) is 11. The van der Waals surface area contributed by atoms with E-state index >= 15 is 0 Å². The second kappa shape index (κ2) is 11.4. The van der Waals surface area contributed by atoms with Crippen molar-refractivity contribution in [1.82, 2.24) is 35.2 Å². The predicted molar refractivity (Wildman–Crippen MR) is 122 cm³/mol. The molecule has 0 aliphatic heterocycles. The fraction of sp³-hybridized carbons (Fsp3) is 0.190. The van der Waals surface area contributed by atoms with Crippen LogP contribution in [0.15, 0.2) is 48.9 Å². The topological polar surface area (TPSA) is 187 Å². The van der Waals surface area contributed by atoms with E-state index in [1.807, 2.05) is 0 Å². The molecule has 0 saturated carbocycles. The lowest BCUT2D eigenvalue weighted by atomic mass is 10.2. The monoisotopic (exact) mass is 536 g/mol. The second-order valence-corrected chi connectivity index (χ2v) is 7.46. The number of nitrogens with two attached hydrogens (primary N) is 2. The van der Waals surface area contributed by atoms with Crippen molar-refractivity contribution in [2.24, 2.45) is 11.6 Å². The maximum absolute atomic E-state index is 13.8. The van der Waals surface area contributed by atoms with Gasteiger partial charge in [0.2, 0.25) is 11.8 Å². The van der Waals surface area contributed by atoms with Gasteiger partial charge in [0.25, 0.3) is 5.91 Å². The average Bonchev–Trinajstić information content (AvgIpc) is 2.87. The molecule has 6 N–H and O–H groups in total. The van der Waals surface area contributed by atoms with Gasteiger partial charge in [-0.25, -0.2) is 35.6 Å². The maximum atomic E-state index is 13.8. The first-order chi connectivity index (χ1) is 17.9. The smallest absolute Gasteiger partial charge is 0.441 e. The lowest BCUT2D eigenvalue weighted by Crippen LogP contribution is -2.39. The summed E-state index contributed by atoms with van der Waals surface area (Å²) in [5, 5.41) is 5.62. The standard InChI is InChI=1S/C21H20F4N10O3/c1-10(12-4-3-5-28-16(12)22)38-20(37)34-17(35(2)27)15(26)13-8-30-14(9-29-13)33-18(36)11-6-31-19(32-7-11)21(23,24)25/h3-10H,26-27H2,1-2H3,(H,34,37)(H,30,33,36)/b17-15-. The highest BCUT2D eigenvalue weighted by molar-refractivity contribution is 6.03. The van der Waals surface area contributed by atoms with Gasteiger partial charge in [-0.2, -0.15) is 17.6 Å². The number of hydrazine groups is 1. The first-order valence-electron chi connectivity index (χ1n) is 10.5. The van der Waals surface area contributed by atoms with E-state index in [2.05, 4.69) is 35.6 Å². The summed E-state index contributed by atoms with van der Waals surface area (Å²) < 4.78 is 56.7. The van der Waals surface area contributed by atoms with Crippen LogP contribution >= 0.6 is 0 Å². The lowest BCUT2D eigenvalue weighted by Gasteiger charge is -2.21. The highest BCUT2D eigenvalue weighted by Gasteiger charge is 2.34. The molecule has 3 heterocycles. The molecule has 0 radical (unpaired) electrons. The molecule has 0 aromatic carbocycles. The summed E-state index contributed by atoms with van der Waals surface area (Å²) in [5.41, 5.74) is 5.75. The SMILES string of the molecule is CC(OC(=O)N/C(=C(/N)c1cnc(NC(=O)c2cnc(C(F)(F)F)nc2)cn1)N(C)N)c1cccnc1F. The van der Waals surface area contributed by atoms with Gasteiger partial charge in [0.15, 0.2) is 11.6 Å². The molecular weight excluding hydrogens is 516 g/mol. The van der Waals surface area contributed by atoms with Crippen molar-refractivity contribution < 1.29 is 31.9 Å². The first-order valence-corrected chi connectivity index (χ1v) is 10.5. The van der Waals surface area contributed by atoms with Crippen LogP contribution in [-0.2, 0) is 10.9 Å². The minimum absolute atomic E-state index is 0.0276. The number of amides is 2. The van der Waals surface area contributed by atoms with Gasteiger partial charge < -0.3 is 15.8 Å². The van der Waals surface area contributed by atoms with Crippen LogP contribution in [0, 0.1) is 5.95 Å². The number of alkyl carbamates (subject to hydrolysis) is 1. The third kappa shape index (κ3) is 6.84. The van der Waals surface area contributed by atoms with Gasteiger partial charge >= 0.3 is 12.3 Å². The summed E-state index contributed by atoms with van der Waals surface area (Å²) in [7, 11) is 1.36. The molecule has 38 heavy (non-hydrogen) atoms. The van der Waals surface area contributed by atoms with E-state index in [1.54, 1.807) is 0 Å². The summed E-state index contributed by atoms with van der Waals surface area (Å²) in [6.07, 6.45) is -1.84. The summed E-state index contributed by atoms with van der Waals surface area (Å²) in [4.78, 5) is 42.3. The third-order valence-corrected chi connectivity index (χ3v) is 4.67. The number of ether oxygens (including phenoxy) is 1. The fourth-order valence-electron chi connectivity index (χ4n) is 2.83. The number of aromatic nitrogens is 5. The zero-order valence-electron chi connectivity index (χ0n) is 19.7. The molecule has 0 bridgehead atoms. The largest absolute Gasteiger partial charge is 0.451 e. The summed E-state index contributed by atoms with van der Waals surface area (Å²) in [6, 6.07) is 2.89.